The van der Waals surface area contributed by atoms with Crippen molar-refractivity contribution >= 4 is 17.8 Å². The first-order valence-corrected chi connectivity index (χ1v) is 18.1. The van der Waals surface area contributed by atoms with Crippen molar-refractivity contribution in [3.8, 4) is 0 Å². The van der Waals surface area contributed by atoms with Gasteiger partial charge in [0.2, 0.25) is 0 Å². The summed E-state index contributed by atoms with van der Waals surface area (Å²) < 4.78 is 65.0. The van der Waals surface area contributed by atoms with Gasteiger partial charge in [-0.2, -0.15) is 0 Å². The van der Waals surface area contributed by atoms with Crippen molar-refractivity contribution in [3.63, 3.8) is 0 Å². The predicted octanol–water partition coefficient (Wildman–Crippen LogP) is 1.81. The van der Waals surface area contributed by atoms with Crippen molar-refractivity contribution in [3.05, 3.63) is 35.4 Å². The van der Waals surface area contributed by atoms with Crippen LogP contribution >= 0.6 is 0 Å². The maximum absolute atomic E-state index is 12.3. The Bertz CT molecular complexity index is 1010. The normalized spacial score (nSPS) is 12.6. The zero-order valence-corrected chi connectivity index (χ0v) is 30.8. The van der Waals surface area contributed by atoms with Crippen LogP contribution in [0.2, 0.25) is 0 Å². The van der Waals surface area contributed by atoms with Gasteiger partial charge in [0.15, 0.2) is 0 Å². The fourth-order valence-corrected chi connectivity index (χ4v) is 4.39. The second-order valence-electron chi connectivity index (χ2n) is 11.0. The number of benzene rings is 1. The van der Waals surface area contributed by atoms with Crippen LogP contribution in [0.5, 0.6) is 0 Å². The van der Waals surface area contributed by atoms with Crippen molar-refractivity contribution in [2.75, 3.05) is 159 Å². The minimum Gasteiger partial charge on any atom is -0.463 e. The highest BCUT2D eigenvalue weighted by molar-refractivity contribution is 6.21. The van der Waals surface area contributed by atoms with Crippen LogP contribution in [-0.4, -0.2) is 181 Å². The van der Waals surface area contributed by atoms with E-state index in [0.29, 0.717) is 156 Å². The number of rotatable bonds is 38. The number of amides is 2. The quantitative estimate of drug-likeness (QED) is 0.0546. The van der Waals surface area contributed by atoms with Crippen molar-refractivity contribution < 1.29 is 71.2 Å². The number of fused-ring (bicyclic) bond motifs is 1. The number of carbonyl (C=O) groups excluding carboxylic acids is 3. The number of imide groups is 1. The molecule has 0 aromatic heterocycles. The van der Waals surface area contributed by atoms with E-state index in [9.17, 15) is 14.4 Å². The standard InChI is InChI=1S/C36H59NO15/c1-2-5-34(38)52-31-30-51-29-28-50-27-26-49-25-24-48-23-22-47-21-20-46-19-18-45-17-16-44-15-14-43-13-12-42-11-10-41-9-8-37-35(39)32-6-3-4-7-33(32)36(37)40/h3-4,6-7H,2,5,8-31H2,1H3. The van der Waals surface area contributed by atoms with Crippen molar-refractivity contribution in [1.29, 1.82) is 0 Å². The number of nitrogens with zero attached hydrogens (tertiary/aromatic N) is 1. The summed E-state index contributed by atoms with van der Waals surface area (Å²) in [6, 6.07) is 6.81. The first kappa shape index (κ1) is 45.5. The summed E-state index contributed by atoms with van der Waals surface area (Å²) in [5.41, 5.74) is 0.877. The Labute approximate surface area is 307 Å². The first-order chi connectivity index (χ1) is 25.6. The molecule has 1 aliphatic heterocycles. The number of carbonyl (C=O) groups is 3. The van der Waals surface area contributed by atoms with Gasteiger partial charge in [0.1, 0.15) is 6.61 Å². The lowest BCUT2D eigenvalue weighted by Gasteiger charge is -2.13. The van der Waals surface area contributed by atoms with Crippen LogP contribution in [0.3, 0.4) is 0 Å². The molecule has 298 valence electrons. The molecule has 0 spiro atoms. The summed E-state index contributed by atoms with van der Waals surface area (Å²) >= 11 is 0. The van der Waals surface area contributed by atoms with Crippen LogP contribution in [-0.2, 0) is 61.6 Å². The van der Waals surface area contributed by atoms with Gasteiger partial charge in [-0.25, -0.2) is 0 Å². The van der Waals surface area contributed by atoms with Crippen molar-refractivity contribution in [2.24, 2.45) is 0 Å². The van der Waals surface area contributed by atoms with E-state index in [4.69, 9.17) is 56.8 Å². The third kappa shape index (κ3) is 23.1. The lowest BCUT2D eigenvalue weighted by molar-refractivity contribution is -0.145. The van der Waals surface area contributed by atoms with Crippen LogP contribution in [0, 0.1) is 0 Å². The fourth-order valence-electron chi connectivity index (χ4n) is 4.39. The average Bonchev–Trinajstić information content (AvgIpc) is 3.39. The molecule has 16 nitrogen and oxygen atoms in total. The maximum atomic E-state index is 12.3. The lowest BCUT2D eigenvalue weighted by atomic mass is 10.1. The van der Waals surface area contributed by atoms with Crippen LogP contribution in [0.4, 0.5) is 0 Å². The van der Waals surface area contributed by atoms with Crippen LogP contribution in [0.1, 0.15) is 40.5 Å². The van der Waals surface area contributed by atoms with Crippen LogP contribution < -0.4 is 0 Å². The van der Waals surface area contributed by atoms with Gasteiger partial charge in [-0.1, -0.05) is 19.1 Å². The molecule has 52 heavy (non-hydrogen) atoms. The summed E-state index contributed by atoms with van der Waals surface area (Å²) in [5, 5.41) is 0. The van der Waals surface area contributed by atoms with E-state index in [2.05, 4.69) is 0 Å². The molecule has 0 bridgehead atoms. The summed E-state index contributed by atoms with van der Waals surface area (Å²) in [6.45, 7) is 12.2. The van der Waals surface area contributed by atoms with E-state index in [-0.39, 0.29) is 37.5 Å². The van der Waals surface area contributed by atoms with E-state index >= 15 is 0 Å². The smallest absolute Gasteiger partial charge is 0.305 e. The minimum atomic E-state index is -0.281. The molecular formula is C36H59NO15. The molecular weight excluding hydrogens is 686 g/mol. The molecule has 2 amide bonds. The largest absolute Gasteiger partial charge is 0.463 e. The molecule has 1 aromatic carbocycles. The molecule has 1 aromatic rings. The SMILES string of the molecule is CCCC(=O)OCCOCCOCCOCCOCCOCCOCCOCCOCCOCCOCCOCCN1C(=O)c2ccccc2C1=O. The predicted molar refractivity (Wildman–Crippen MR) is 187 cm³/mol. The van der Waals surface area contributed by atoms with Gasteiger partial charge in [-0.3, -0.25) is 19.3 Å². The molecule has 0 saturated carbocycles. The van der Waals surface area contributed by atoms with Gasteiger partial charge in [-0.15, -0.1) is 0 Å². The van der Waals surface area contributed by atoms with Gasteiger partial charge < -0.3 is 56.8 Å². The van der Waals surface area contributed by atoms with Crippen LogP contribution in [0.25, 0.3) is 0 Å². The van der Waals surface area contributed by atoms with E-state index in [0.717, 1.165) is 6.42 Å². The molecule has 1 heterocycles. The minimum absolute atomic E-state index is 0.195. The monoisotopic (exact) mass is 745 g/mol. The Morgan fingerprint density at radius 3 is 1.00 bits per heavy atom. The zero-order valence-electron chi connectivity index (χ0n) is 30.8. The third-order valence-electron chi connectivity index (χ3n) is 7.00. The van der Waals surface area contributed by atoms with Gasteiger partial charge in [-0.05, 0) is 18.6 Å². The van der Waals surface area contributed by atoms with Gasteiger partial charge >= 0.3 is 5.97 Å². The number of hydrogen-bond acceptors (Lipinski definition) is 15. The Morgan fingerprint density at radius 1 is 0.442 bits per heavy atom. The number of ether oxygens (including phenoxy) is 12. The second kappa shape index (κ2) is 33.0. The molecule has 2 rings (SSSR count). The van der Waals surface area contributed by atoms with Crippen LogP contribution in [0.15, 0.2) is 24.3 Å². The van der Waals surface area contributed by atoms with Gasteiger partial charge in [0.25, 0.3) is 11.8 Å². The van der Waals surface area contributed by atoms with E-state index < -0.39 is 0 Å². The lowest BCUT2D eigenvalue weighted by Crippen LogP contribution is -2.33. The highest BCUT2D eigenvalue weighted by atomic mass is 16.6. The molecule has 0 atom stereocenters. The van der Waals surface area contributed by atoms with E-state index in [1.807, 2.05) is 6.92 Å². The molecule has 0 unspecified atom stereocenters. The van der Waals surface area contributed by atoms with Crippen molar-refractivity contribution in [1.82, 2.24) is 4.90 Å². The fraction of sp³-hybridized carbons (Fsp3) is 0.750. The number of esters is 1. The molecule has 0 saturated heterocycles. The summed E-state index contributed by atoms with van der Waals surface area (Å²) in [7, 11) is 0. The van der Waals surface area contributed by atoms with E-state index in [1.54, 1.807) is 24.3 Å². The molecule has 16 heteroatoms. The maximum Gasteiger partial charge on any atom is 0.305 e. The third-order valence-corrected chi connectivity index (χ3v) is 7.00. The Morgan fingerprint density at radius 2 is 0.712 bits per heavy atom. The Balaban J connectivity index is 1.16. The molecule has 1 aliphatic rings. The highest BCUT2D eigenvalue weighted by Gasteiger charge is 2.34. The molecule has 0 aliphatic carbocycles. The van der Waals surface area contributed by atoms with Crippen molar-refractivity contribution in [2.45, 2.75) is 19.8 Å². The summed E-state index contributed by atoms with van der Waals surface area (Å²) in [4.78, 5) is 37.0. The van der Waals surface area contributed by atoms with Gasteiger partial charge in [0, 0.05) is 6.42 Å². The molecule has 0 fully saturated rings. The average molecular weight is 746 g/mol. The summed E-state index contributed by atoms with van der Waals surface area (Å²) in [5.74, 6) is -0.757. The molecule has 0 N–H and O–H groups in total. The number of hydrogen-bond donors (Lipinski definition) is 0. The highest BCUT2D eigenvalue weighted by Crippen LogP contribution is 2.21. The first-order valence-electron chi connectivity index (χ1n) is 18.1. The topological polar surface area (TPSA) is 165 Å². The Hall–Kier alpha value is -2.61. The van der Waals surface area contributed by atoms with E-state index in [1.165, 1.54) is 4.90 Å². The Kier molecular flexibility index (Phi) is 28.9. The second-order valence-corrected chi connectivity index (χ2v) is 11.0. The zero-order chi connectivity index (χ0) is 37.2. The van der Waals surface area contributed by atoms with Gasteiger partial charge in [0.05, 0.1) is 163 Å². The molecule has 0 radical (unpaired) electrons. The summed E-state index contributed by atoms with van der Waals surface area (Å²) in [6.07, 6.45) is 1.21.